The summed E-state index contributed by atoms with van der Waals surface area (Å²) >= 11 is 1.74. The fourth-order valence-corrected chi connectivity index (χ4v) is 3.16. The van der Waals surface area contributed by atoms with Gasteiger partial charge in [-0.05, 0) is 38.1 Å². The molecule has 1 unspecified atom stereocenters. The zero-order chi connectivity index (χ0) is 13.1. The Bertz CT molecular complexity index is 514. The second-order valence-electron chi connectivity index (χ2n) is 4.40. The van der Waals surface area contributed by atoms with Crippen molar-refractivity contribution >= 4 is 11.3 Å². The van der Waals surface area contributed by atoms with Crippen LogP contribution in [-0.2, 0) is 0 Å². The van der Waals surface area contributed by atoms with Gasteiger partial charge in [0, 0.05) is 15.3 Å². The van der Waals surface area contributed by atoms with Crippen molar-refractivity contribution in [2.24, 2.45) is 0 Å². The highest BCUT2D eigenvalue weighted by Crippen LogP contribution is 2.31. The Hall–Kier alpha value is -1.19. The van der Waals surface area contributed by atoms with Gasteiger partial charge in [0.1, 0.15) is 5.82 Å². The fraction of sp³-hybridized carbons (Fsp3) is 0.333. The van der Waals surface area contributed by atoms with E-state index in [1.165, 1.54) is 21.4 Å². The highest BCUT2D eigenvalue weighted by Gasteiger charge is 2.18. The smallest absolute Gasteiger partial charge is 0.128 e. The lowest BCUT2D eigenvalue weighted by Crippen LogP contribution is -2.22. The van der Waals surface area contributed by atoms with Crippen molar-refractivity contribution in [1.82, 2.24) is 5.32 Å². The van der Waals surface area contributed by atoms with Gasteiger partial charge < -0.3 is 5.32 Å². The van der Waals surface area contributed by atoms with E-state index in [9.17, 15) is 4.39 Å². The first-order chi connectivity index (χ1) is 8.63. The maximum Gasteiger partial charge on any atom is 0.128 e. The third-order valence-electron chi connectivity index (χ3n) is 3.09. The van der Waals surface area contributed by atoms with Crippen LogP contribution in [0.25, 0.3) is 0 Å². The quantitative estimate of drug-likeness (QED) is 0.871. The summed E-state index contributed by atoms with van der Waals surface area (Å²) in [4.78, 5) is 2.47. The third kappa shape index (κ3) is 2.62. The topological polar surface area (TPSA) is 12.0 Å². The first-order valence-corrected chi connectivity index (χ1v) is 7.00. The molecule has 0 aliphatic heterocycles. The van der Waals surface area contributed by atoms with Gasteiger partial charge in [0.15, 0.2) is 0 Å². The second-order valence-corrected chi connectivity index (χ2v) is 5.69. The van der Waals surface area contributed by atoms with Crippen LogP contribution < -0.4 is 5.32 Å². The molecule has 0 radical (unpaired) electrons. The lowest BCUT2D eigenvalue weighted by atomic mass is 10.0. The summed E-state index contributed by atoms with van der Waals surface area (Å²) in [5.41, 5.74) is 2.00. The highest BCUT2D eigenvalue weighted by atomic mass is 32.1. The van der Waals surface area contributed by atoms with Crippen LogP contribution in [0.15, 0.2) is 30.3 Å². The van der Waals surface area contributed by atoms with E-state index in [2.05, 4.69) is 25.2 Å². The second kappa shape index (κ2) is 5.63. The van der Waals surface area contributed by atoms with Crippen LogP contribution in [0.1, 0.15) is 33.8 Å². The van der Waals surface area contributed by atoms with Crippen molar-refractivity contribution in [3.05, 3.63) is 57.0 Å². The lowest BCUT2D eigenvalue weighted by molar-refractivity contribution is 0.563. The summed E-state index contributed by atoms with van der Waals surface area (Å²) in [5, 5.41) is 3.37. The zero-order valence-corrected chi connectivity index (χ0v) is 11.8. The van der Waals surface area contributed by atoms with Gasteiger partial charge in [-0.1, -0.05) is 25.1 Å². The molecule has 1 aromatic carbocycles. The van der Waals surface area contributed by atoms with Crippen LogP contribution in [0.2, 0.25) is 0 Å². The number of halogens is 1. The van der Waals surface area contributed by atoms with E-state index in [1.54, 1.807) is 17.4 Å². The number of aryl methyl sites for hydroxylation is 2. The van der Waals surface area contributed by atoms with Crippen LogP contribution in [0.5, 0.6) is 0 Å². The SMILES string of the molecule is CCNC(c1cc(C)c(C)s1)c1ccccc1F. The number of nitrogens with one attached hydrogen (secondary N) is 1. The number of rotatable bonds is 4. The van der Waals surface area contributed by atoms with Crippen molar-refractivity contribution in [1.29, 1.82) is 0 Å². The molecule has 1 atom stereocenters. The van der Waals surface area contributed by atoms with Crippen molar-refractivity contribution in [3.8, 4) is 0 Å². The summed E-state index contributed by atoms with van der Waals surface area (Å²) in [5.74, 6) is -0.146. The van der Waals surface area contributed by atoms with Crippen molar-refractivity contribution in [2.45, 2.75) is 26.8 Å². The average molecular weight is 263 g/mol. The molecule has 0 spiro atoms. The molecule has 1 aromatic heterocycles. The Morgan fingerprint density at radius 2 is 2.00 bits per heavy atom. The Morgan fingerprint density at radius 1 is 1.28 bits per heavy atom. The molecule has 1 heterocycles. The molecule has 18 heavy (non-hydrogen) atoms. The molecule has 0 saturated heterocycles. The Morgan fingerprint density at radius 3 is 2.56 bits per heavy atom. The number of hydrogen-bond acceptors (Lipinski definition) is 2. The minimum absolute atomic E-state index is 0.0476. The normalized spacial score (nSPS) is 12.7. The molecule has 1 nitrogen and oxygen atoms in total. The maximum absolute atomic E-state index is 13.9. The average Bonchev–Trinajstić information content (AvgIpc) is 2.68. The van der Waals surface area contributed by atoms with Crippen molar-refractivity contribution < 1.29 is 4.39 Å². The summed E-state index contributed by atoms with van der Waals surface area (Å²) in [6, 6.07) is 9.09. The maximum atomic E-state index is 13.9. The molecule has 0 saturated carbocycles. The molecule has 2 aromatic rings. The summed E-state index contributed by atoms with van der Waals surface area (Å²) in [6.07, 6.45) is 0. The molecular weight excluding hydrogens is 245 g/mol. The molecule has 1 N–H and O–H groups in total. The molecule has 0 bridgehead atoms. The monoisotopic (exact) mass is 263 g/mol. The van der Waals surface area contributed by atoms with Gasteiger partial charge in [0.25, 0.3) is 0 Å². The molecule has 2 rings (SSSR count). The van der Waals surface area contributed by atoms with Gasteiger partial charge in [0.05, 0.1) is 6.04 Å². The van der Waals surface area contributed by atoms with E-state index in [1.807, 2.05) is 19.1 Å². The van der Waals surface area contributed by atoms with E-state index in [0.29, 0.717) is 0 Å². The van der Waals surface area contributed by atoms with Crippen LogP contribution in [-0.4, -0.2) is 6.54 Å². The Labute approximate surface area is 112 Å². The van der Waals surface area contributed by atoms with Gasteiger partial charge in [-0.2, -0.15) is 0 Å². The number of thiophene rings is 1. The highest BCUT2D eigenvalue weighted by molar-refractivity contribution is 7.12. The predicted molar refractivity (Wildman–Crippen MR) is 75.7 cm³/mol. The van der Waals surface area contributed by atoms with E-state index in [0.717, 1.165) is 12.1 Å². The standard InChI is InChI=1S/C15H18FNS/c1-4-17-15(12-7-5-6-8-13(12)16)14-9-10(2)11(3)18-14/h5-9,15,17H,4H2,1-3H3. The van der Waals surface area contributed by atoms with Gasteiger partial charge in [-0.25, -0.2) is 4.39 Å². The lowest BCUT2D eigenvalue weighted by Gasteiger charge is -2.17. The number of hydrogen-bond donors (Lipinski definition) is 1. The van der Waals surface area contributed by atoms with Gasteiger partial charge in [-0.3, -0.25) is 0 Å². The van der Waals surface area contributed by atoms with Gasteiger partial charge in [-0.15, -0.1) is 11.3 Å². The third-order valence-corrected chi connectivity index (χ3v) is 4.31. The molecular formula is C15H18FNS. The largest absolute Gasteiger partial charge is 0.306 e. The molecule has 0 fully saturated rings. The predicted octanol–water partition coefficient (Wildman–Crippen LogP) is 4.20. The van der Waals surface area contributed by atoms with Gasteiger partial charge in [0.2, 0.25) is 0 Å². The first kappa shape index (κ1) is 13.2. The van der Waals surface area contributed by atoms with Crippen LogP contribution in [0.4, 0.5) is 4.39 Å². The molecule has 96 valence electrons. The molecule has 0 amide bonds. The minimum atomic E-state index is -0.146. The van der Waals surface area contributed by atoms with E-state index in [4.69, 9.17) is 0 Å². The van der Waals surface area contributed by atoms with E-state index >= 15 is 0 Å². The van der Waals surface area contributed by atoms with Crippen molar-refractivity contribution in [2.75, 3.05) is 6.54 Å². The molecule has 0 aliphatic rings. The van der Waals surface area contributed by atoms with Crippen LogP contribution >= 0.6 is 11.3 Å². The van der Waals surface area contributed by atoms with E-state index in [-0.39, 0.29) is 11.9 Å². The summed E-state index contributed by atoms with van der Waals surface area (Å²) < 4.78 is 13.9. The zero-order valence-electron chi connectivity index (χ0n) is 11.0. The fourth-order valence-electron chi connectivity index (χ4n) is 2.02. The first-order valence-electron chi connectivity index (χ1n) is 6.18. The summed E-state index contributed by atoms with van der Waals surface area (Å²) in [7, 11) is 0. The number of benzene rings is 1. The van der Waals surface area contributed by atoms with E-state index < -0.39 is 0 Å². The molecule has 3 heteroatoms. The van der Waals surface area contributed by atoms with Gasteiger partial charge >= 0.3 is 0 Å². The minimum Gasteiger partial charge on any atom is -0.306 e. The Kier molecular flexibility index (Phi) is 4.15. The van der Waals surface area contributed by atoms with Crippen molar-refractivity contribution in [3.63, 3.8) is 0 Å². The summed E-state index contributed by atoms with van der Waals surface area (Å²) in [6.45, 7) is 7.06. The Balaban J connectivity index is 2.43. The van der Waals surface area contributed by atoms with Crippen LogP contribution in [0, 0.1) is 19.7 Å². The van der Waals surface area contributed by atoms with Crippen LogP contribution in [0.3, 0.4) is 0 Å². The molecule has 0 aliphatic carbocycles.